The Bertz CT molecular complexity index is 967. The van der Waals surface area contributed by atoms with Crippen LogP contribution in [0.3, 0.4) is 0 Å². The van der Waals surface area contributed by atoms with Crippen LogP contribution >= 0.6 is 11.6 Å². The summed E-state index contributed by atoms with van der Waals surface area (Å²) in [6.45, 7) is 2.15. The number of nitro groups is 1. The normalized spacial score (nSPS) is 10.5. The highest BCUT2D eigenvalue weighted by atomic mass is 35.5. The van der Waals surface area contributed by atoms with Gasteiger partial charge in [0.2, 0.25) is 0 Å². The van der Waals surface area contributed by atoms with Crippen molar-refractivity contribution in [3.05, 3.63) is 86.6 Å². The third-order valence-corrected chi connectivity index (χ3v) is 4.06. The molecule has 0 aliphatic heterocycles. The summed E-state index contributed by atoms with van der Waals surface area (Å²) in [5.41, 5.74) is 1.63. The molecular weight excluding hydrogens is 356 g/mol. The largest absolute Gasteiger partial charge is 0.305 e. The minimum Gasteiger partial charge on any atom is -0.305 e. The summed E-state index contributed by atoms with van der Waals surface area (Å²) in [5, 5.41) is 18.6. The summed E-state index contributed by atoms with van der Waals surface area (Å²) in [7, 11) is 0. The monoisotopic (exact) mass is 370 g/mol. The first-order valence-corrected chi connectivity index (χ1v) is 8.14. The van der Waals surface area contributed by atoms with E-state index in [9.17, 15) is 14.9 Å². The fraction of sp³-hybridized carbons (Fsp3) is 0.111. The van der Waals surface area contributed by atoms with E-state index >= 15 is 0 Å². The highest BCUT2D eigenvalue weighted by Crippen LogP contribution is 2.20. The average Bonchev–Trinajstić information content (AvgIpc) is 3.04. The number of halogens is 1. The van der Waals surface area contributed by atoms with Crippen molar-refractivity contribution in [3.63, 3.8) is 0 Å². The molecule has 0 bridgehead atoms. The van der Waals surface area contributed by atoms with Crippen LogP contribution in [0, 0.1) is 17.0 Å². The van der Waals surface area contributed by atoms with Crippen molar-refractivity contribution in [2.24, 2.45) is 0 Å². The van der Waals surface area contributed by atoms with Crippen molar-refractivity contribution in [1.82, 2.24) is 9.78 Å². The molecule has 0 saturated carbocycles. The maximum absolute atomic E-state index is 12.3. The number of rotatable bonds is 5. The topological polar surface area (TPSA) is 90.1 Å². The Kier molecular flexibility index (Phi) is 4.99. The zero-order chi connectivity index (χ0) is 18.7. The number of nitrogens with zero attached hydrogens (tertiary/aromatic N) is 3. The van der Waals surface area contributed by atoms with Crippen molar-refractivity contribution < 1.29 is 9.72 Å². The van der Waals surface area contributed by atoms with Gasteiger partial charge in [0, 0.05) is 34.5 Å². The minimum absolute atomic E-state index is 0.0917. The molecule has 0 atom stereocenters. The zero-order valence-electron chi connectivity index (χ0n) is 13.8. The van der Waals surface area contributed by atoms with E-state index in [0.29, 0.717) is 22.9 Å². The lowest BCUT2D eigenvalue weighted by atomic mass is 10.1. The van der Waals surface area contributed by atoms with Crippen LogP contribution < -0.4 is 5.32 Å². The first-order valence-electron chi connectivity index (χ1n) is 7.76. The lowest BCUT2D eigenvalue weighted by molar-refractivity contribution is -0.385. The van der Waals surface area contributed by atoms with Gasteiger partial charge in [0.15, 0.2) is 5.82 Å². The number of carbonyl (C=O) groups is 1. The maximum atomic E-state index is 12.3. The smallest absolute Gasteiger partial charge is 0.273 e. The van der Waals surface area contributed by atoms with Gasteiger partial charge in [-0.1, -0.05) is 29.8 Å². The molecule has 3 aromatic rings. The second-order valence-corrected chi connectivity index (χ2v) is 6.17. The maximum Gasteiger partial charge on any atom is 0.273 e. The fourth-order valence-corrected chi connectivity index (χ4v) is 2.56. The van der Waals surface area contributed by atoms with Gasteiger partial charge in [-0.2, -0.15) is 5.10 Å². The second-order valence-electron chi connectivity index (χ2n) is 5.74. The number of hydrogen-bond donors (Lipinski definition) is 1. The van der Waals surface area contributed by atoms with Gasteiger partial charge in [-0.3, -0.25) is 19.6 Å². The first-order chi connectivity index (χ1) is 12.4. The molecule has 8 heteroatoms. The van der Waals surface area contributed by atoms with Crippen LogP contribution in [-0.4, -0.2) is 20.6 Å². The minimum atomic E-state index is -0.507. The Balaban J connectivity index is 1.70. The summed E-state index contributed by atoms with van der Waals surface area (Å²) < 4.78 is 1.68. The lowest BCUT2D eigenvalue weighted by Crippen LogP contribution is -2.13. The van der Waals surface area contributed by atoms with Gasteiger partial charge in [0.05, 0.1) is 11.5 Å². The first kappa shape index (κ1) is 17.6. The Hall–Kier alpha value is -3.19. The lowest BCUT2D eigenvalue weighted by Gasteiger charge is -2.04. The van der Waals surface area contributed by atoms with Crippen LogP contribution in [0.25, 0.3) is 0 Å². The molecular formula is C18H15ClN4O3. The number of aryl methyl sites for hydroxylation is 1. The van der Waals surface area contributed by atoms with Gasteiger partial charge in [0.25, 0.3) is 11.6 Å². The number of hydrogen-bond acceptors (Lipinski definition) is 4. The van der Waals surface area contributed by atoms with E-state index in [4.69, 9.17) is 11.6 Å². The van der Waals surface area contributed by atoms with Gasteiger partial charge in [-0.05, 0) is 30.7 Å². The van der Waals surface area contributed by atoms with Crippen molar-refractivity contribution in [2.45, 2.75) is 13.5 Å². The van der Waals surface area contributed by atoms with E-state index in [1.165, 1.54) is 6.07 Å². The second kappa shape index (κ2) is 7.37. The molecule has 3 rings (SSSR count). The Labute approximate surface area is 154 Å². The van der Waals surface area contributed by atoms with Crippen molar-refractivity contribution in [1.29, 1.82) is 0 Å². The molecule has 0 spiro atoms. The molecule has 0 saturated heterocycles. The van der Waals surface area contributed by atoms with Gasteiger partial charge in [-0.25, -0.2) is 0 Å². The Morgan fingerprint density at radius 2 is 1.96 bits per heavy atom. The predicted octanol–water partition coefficient (Wildman–Crippen LogP) is 4.05. The van der Waals surface area contributed by atoms with Gasteiger partial charge in [0.1, 0.15) is 0 Å². The van der Waals surface area contributed by atoms with E-state index in [2.05, 4.69) is 10.4 Å². The van der Waals surface area contributed by atoms with Crippen LogP contribution in [0.4, 0.5) is 11.5 Å². The van der Waals surface area contributed by atoms with Gasteiger partial charge in [-0.15, -0.1) is 0 Å². The molecule has 0 unspecified atom stereocenters. The molecule has 0 fully saturated rings. The Morgan fingerprint density at radius 1 is 1.23 bits per heavy atom. The van der Waals surface area contributed by atoms with E-state index in [1.54, 1.807) is 48.1 Å². The molecule has 0 aliphatic rings. The number of nitrogens with one attached hydrogen (secondary N) is 1. The number of benzene rings is 2. The molecule has 0 radical (unpaired) electrons. The summed E-state index contributed by atoms with van der Waals surface area (Å²) in [6, 6.07) is 13.4. The molecule has 1 N–H and O–H groups in total. The number of aromatic nitrogens is 2. The summed E-state index contributed by atoms with van der Waals surface area (Å²) in [5.74, 6) is -0.0861. The van der Waals surface area contributed by atoms with E-state index in [-0.39, 0.29) is 11.3 Å². The highest BCUT2D eigenvalue weighted by molar-refractivity contribution is 6.30. The summed E-state index contributed by atoms with van der Waals surface area (Å²) in [4.78, 5) is 22.8. The highest BCUT2D eigenvalue weighted by Gasteiger charge is 2.15. The molecule has 26 heavy (non-hydrogen) atoms. The van der Waals surface area contributed by atoms with Gasteiger partial charge >= 0.3 is 0 Å². The van der Waals surface area contributed by atoms with Crippen LogP contribution in [0.1, 0.15) is 21.5 Å². The third kappa shape index (κ3) is 4.07. The molecule has 1 amide bonds. The van der Waals surface area contributed by atoms with Gasteiger partial charge < -0.3 is 5.32 Å². The SMILES string of the molecule is Cc1ccc(C(=O)Nc2ccn(Cc3ccc(Cl)cc3)n2)cc1[N+](=O)[O-]. The van der Waals surface area contributed by atoms with Crippen molar-refractivity contribution >= 4 is 29.0 Å². The van der Waals surface area contributed by atoms with Crippen LogP contribution in [0.15, 0.2) is 54.7 Å². The molecule has 7 nitrogen and oxygen atoms in total. The molecule has 132 valence electrons. The van der Waals surface area contributed by atoms with Crippen LogP contribution in [0.5, 0.6) is 0 Å². The van der Waals surface area contributed by atoms with Crippen molar-refractivity contribution in [3.8, 4) is 0 Å². The van der Waals surface area contributed by atoms with Crippen LogP contribution in [0.2, 0.25) is 5.02 Å². The standard InChI is InChI=1S/C18H15ClN4O3/c1-12-2-5-14(10-16(12)23(25)26)18(24)20-17-8-9-22(21-17)11-13-3-6-15(19)7-4-13/h2-10H,11H2,1H3,(H,20,21,24). The summed E-state index contributed by atoms with van der Waals surface area (Å²) in [6.07, 6.45) is 1.74. The zero-order valence-corrected chi connectivity index (χ0v) is 14.6. The fourth-order valence-electron chi connectivity index (χ4n) is 2.43. The number of carbonyl (C=O) groups excluding carboxylic acids is 1. The van der Waals surface area contributed by atoms with Crippen molar-refractivity contribution in [2.75, 3.05) is 5.32 Å². The van der Waals surface area contributed by atoms with E-state index < -0.39 is 10.8 Å². The quantitative estimate of drug-likeness (QED) is 0.541. The van der Waals surface area contributed by atoms with E-state index in [1.807, 2.05) is 12.1 Å². The number of nitro benzene ring substituents is 1. The number of anilines is 1. The molecule has 0 aliphatic carbocycles. The summed E-state index contributed by atoms with van der Waals surface area (Å²) >= 11 is 5.86. The average molecular weight is 371 g/mol. The predicted molar refractivity (Wildman–Crippen MR) is 98.6 cm³/mol. The molecule has 2 aromatic carbocycles. The molecule has 1 heterocycles. The Morgan fingerprint density at radius 3 is 2.65 bits per heavy atom. The molecule has 1 aromatic heterocycles. The number of amides is 1. The van der Waals surface area contributed by atoms with Crippen LogP contribution in [-0.2, 0) is 6.54 Å². The van der Waals surface area contributed by atoms with E-state index in [0.717, 1.165) is 5.56 Å². The third-order valence-electron chi connectivity index (χ3n) is 3.81.